The average Bonchev–Trinajstić information content (AvgIpc) is 2.26. The summed E-state index contributed by atoms with van der Waals surface area (Å²) in [6.45, 7) is 7.75. The molecule has 0 bridgehead atoms. The van der Waals surface area contributed by atoms with Gasteiger partial charge in [-0.1, -0.05) is 6.92 Å². The quantitative estimate of drug-likeness (QED) is 0.785. The second-order valence-corrected chi connectivity index (χ2v) is 6.60. The minimum absolute atomic E-state index is 0.169. The first-order chi connectivity index (χ1) is 8.76. The number of hydrogen-bond donors (Lipinski definition) is 2. The van der Waals surface area contributed by atoms with Gasteiger partial charge in [-0.05, 0) is 51.9 Å². The topological polar surface area (TPSA) is 62.2 Å². The van der Waals surface area contributed by atoms with E-state index < -0.39 is 11.5 Å². The maximum atomic E-state index is 11.3. The van der Waals surface area contributed by atoms with Crippen LogP contribution in [-0.4, -0.2) is 33.9 Å². The van der Waals surface area contributed by atoms with Gasteiger partial charge < -0.3 is 10.4 Å². The highest BCUT2D eigenvalue weighted by Crippen LogP contribution is 2.28. The third-order valence-corrected chi connectivity index (χ3v) is 4.14. The van der Waals surface area contributed by atoms with Crippen LogP contribution >= 0.6 is 11.8 Å². The van der Waals surface area contributed by atoms with Gasteiger partial charge in [0.05, 0.1) is 5.03 Å². The van der Waals surface area contributed by atoms with Gasteiger partial charge in [-0.15, -0.1) is 11.8 Å². The molecule has 0 fully saturated rings. The number of hydrogen-bond acceptors (Lipinski definition) is 4. The second-order valence-electron chi connectivity index (χ2n) is 5.14. The number of carbonyl (C=O) groups is 1. The number of aromatic nitrogens is 1. The van der Waals surface area contributed by atoms with Crippen molar-refractivity contribution >= 4 is 17.7 Å². The van der Waals surface area contributed by atoms with Gasteiger partial charge in [0.2, 0.25) is 0 Å². The first-order valence-corrected chi connectivity index (χ1v) is 7.19. The van der Waals surface area contributed by atoms with E-state index in [1.165, 1.54) is 5.56 Å². The number of carboxylic acids is 1. The molecular formula is C14H22N2O2S. The van der Waals surface area contributed by atoms with Crippen LogP contribution in [0.1, 0.15) is 31.5 Å². The van der Waals surface area contributed by atoms with Crippen LogP contribution in [0.5, 0.6) is 0 Å². The lowest BCUT2D eigenvalue weighted by molar-refractivity contribution is -0.144. The molecule has 4 nitrogen and oxygen atoms in total. The van der Waals surface area contributed by atoms with Crippen molar-refractivity contribution in [1.29, 1.82) is 0 Å². The Morgan fingerprint density at radius 3 is 2.63 bits per heavy atom. The summed E-state index contributed by atoms with van der Waals surface area (Å²) >= 11 is 1.62. The molecule has 0 aliphatic carbocycles. The molecular weight excluding hydrogens is 260 g/mol. The van der Waals surface area contributed by atoms with E-state index in [4.69, 9.17) is 0 Å². The Labute approximate surface area is 119 Å². The molecule has 0 saturated carbocycles. The van der Waals surface area contributed by atoms with Gasteiger partial charge in [-0.3, -0.25) is 4.79 Å². The van der Waals surface area contributed by atoms with E-state index in [1.807, 2.05) is 32.9 Å². The fourth-order valence-corrected chi connectivity index (χ4v) is 3.26. The SMILES string of the molecule is CNC(C)(CC(C)Sc1cc(C)cc(C)n1)C(=O)O. The number of aliphatic carboxylic acids is 1. The summed E-state index contributed by atoms with van der Waals surface area (Å²) in [6, 6.07) is 4.06. The fraction of sp³-hybridized carbons (Fsp3) is 0.571. The zero-order valence-corrected chi connectivity index (χ0v) is 13.0. The molecule has 5 heteroatoms. The largest absolute Gasteiger partial charge is 0.480 e. The summed E-state index contributed by atoms with van der Waals surface area (Å²) in [7, 11) is 1.68. The van der Waals surface area contributed by atoms with Crippen LogP contribution in [0.25, 0.3) is 0 Å². The lowest BCUT2D eigenvalue weighted by Crippen LogP contribution is -2.49. The number of nitrogens with one attached hydrogen (secondary N) is 1. The normalized spacial score (nSPS) is 15.8. The summed E-state index contributed by atoms with van der Waals surface area (Å²) in [5.41, 5.74) is 1.27. The van der Waals surface area contributed by atoms with E-state index in [0.29, 0.717) is 6.42 Å². The van der Waals surface area contributed by atoms with Gasteiger partial charge in [-0.2, -0.15) is 0 Å². The highest BCUT2D eigenvalue weighted by atomic mass is 32.2. The van der Waals surface area contributed by atoms with Crippen molar-refractivity contribution in [3.05, 3.63) is 23.4 Å². The zero-order valence-electron chi connectivity index (χ0n) is 12.2. The van der Waals surface area contributed by atoms with E-state index in [1.54, 1.807) is 25.7 Å². The van der Waals surface area contributed by atoms with Crippen LogP contribution in [-0.2, 0) is 4.79 Å². The van der Waals surface area contributed by atoms with Crippen LogP contribution < -0.4 is 5.32 Å². The summed E-state index contributed by atoms with van der Waals surface area (Å²) in [5, 5.41) is 13.3. The number of pyridine rings is 1. The molecule has 0 amide bonds. The van der Waals surface area contributed by atoms with Crippen LogP contribution in [0.3, 0.4) is 0 Å². The van der Waals surface area contributed by atoms with E-state index in [0.717, 1.165) is 10.7 Å². The highest BCUT2D eigenvalue weighted by molar-refractivity contribution is 7.99. The molecule has 0 spiro atoms. The predicted molar refractivity (Wildman–Crippen MR) is 78.7 cm³/mol. The lowest BCUT2D eigenvalue weighted by Gasteiger charge is -2.27. The number of nitrogens with zero attached hydrogens (tertiary/aromatic N) is 1. The van der Waals surface area contributed by atoms with Gasteiger partial charge in [0, 0.05) is 10.9 Å². The van der Waals surface area contributed by atoms with Crippen LogP contribution in [0.15, 0.2) is 17.2 Å². The Morgan fingerprint density at radius 2 is 2.16 bits per heavy atom. The number of rotatable bonds is 6. The van der Waals surface area contributed by atoms with Gasteiger partial charge in [0.1, 0.15) is 5.54 Å². The average molecular weight is 282 g/mol. The minimum Gasteiger partial charge on any atom is -0.480 e. The van der Waals surface area contributed by atoms with Crippen LogP contribution in [0.4, 0.5) is 0 Å². The van der Waals surface area contributed by atoms with Crippen LogP contribution in [0.2, 0.25) is 0 Å². The van der Waals surface area contributed by atoms with E-state index in [9.17, 15) is 9.90 Å². The molecule has 0 aromatic carbocycles. The minimum atomic E-state index is -0.898. The summed E-state index contributed by atoms with van der Waals surface area (Å²) in [4.78, 5) is 15.7. The summed E-state index contributed by atoms with van der Waals surface area (Å²) in [5.74, 6) is -0.823. The van der Waals surface area contributed by atoms with E-state index >= 15 is 0 Å². The summed E-state index contributed by atoms with van der Waals surface area (Å²) in [6.07, 6.45) is 0.540. The molecule has 0 aliphatic rings. The molecule has 1 aromatic heterocycles. The zero-order chi connectivity index (χ0) is 14.6. The Morgan fingerprint density at radius 1 is 1.53 bits per heavy atom. The second kappa shape index (κ2) is 6.39. The van der Waals surface area contributed by atoms with E-state index in [2.05, 4.69) is 10.3 Å². The third kappa shape index (κ3) is 4.51. The maximum absolute atomic E-state index is 11.3. The number of likely N-dealkylation sites (N-methyl/N-ethyl adjacent to an activating group) is 1. The van der Waals surface area contributed by atoms with Crippen molar-refractivity contribution in [2.75, 3.05) is 7.05 Å². The molecule has 19 heavy (non-hydrogen) atoms. The molecule has 0 aliphatic heterocycles. The molecule has 1 heterocycles. The maximum Gasteiger partial charge on any atom is 0.323 e. The van der Waals surface area contributed by atoms with Crippen molar-refractivity contribution < 1.29 is 9.90 Å². The molecule has 2 atom stereocenters. The lowest BCUT2D eigenvalue weighted by atomic mass is 9.96. The molecule has 0 saturated heterocycles. The van der Waals surface area contributed by atoms with Gasteiger partial charge in [-0.25, -0.2) is 4.98 Å². The van der Waals surface area contributed by atoms with Crippen LogP contribution in [0, 0.1) is 13.8 Å². The van der Waals surface area contributed by atoms with Crippen molar-refractivity contribution in [3.8, 4) is 0 Å². The Balaban J connectivity index is 2.74. The monoisotopic (exact) mass is 282 g/mol. The molecule has 106 valence electrons. The molecule has 1 aromatic rings. The Kier molecular flexibility index (Phi) is 5.38. The highest BCUT2D eigenvalue weighted by Gasteiger charge is 2.33. The molecule has 2 unspecified atom stereocenters. The fourth-order valence-electron chi connectivity index (χ4n) is 1.98. The predicted octanol–water partition coefficient (Wildman–Crippen LogP) is 2.63. The van der Waals surface area contributed by atoms with Crippen molar-refractivity contribution in [2.24, 2.45) is 0 Å². The van der Waals surface area contributed by atoms with Crippen molar-refractivity contribution in [2.45, 2.75) is 49.9 Å². The number of carboxylic acid groups (broad SMARTS) is 1. The Bertz CT molecular complexity index is 445. The molecule has 2 N–H and O–H groups in total. The Hall–Kier alpha value is -1.07. The van der Waals surface area contributed by atoms with E-state index in [-0.39, 0.29) is 5.25 Å². The first-order valence-electron chi connectivity index (χ1n) is 6.31. The molecule has 1 rings (SSSR count). The smallest absolute Gasteiger partial charge is 0.323 e. The summed E-state index contributed by atoms with van der Waals surface area (Å²) < 4.78 is 0. The standard InChI is InChI=1S/C14H22N2O2S/c1-9-6-10(2)16-12(7-9)19-11(3)8-14(4,15-5)13(17)18/h6-7,11,15H,8H2,1-5H3,(H,17,18). The third-order valence-electron chi connectivity index (χ3n) is 3.12. The van der Waals surface area contributed by atoms with Crippen molar-refractivity contribution in [1.82, 2.24) is 10.3 Å². The van der Waals surface area contributed by atoms with Gasteiger partial charge in [0.15, 0.2) is 0 Å². The van der Waals surface area contributed by atoms with Crippen molar-refractivity contribution in [3.63, 3.8) is 0 Å². The van der Waals surface area contributed by atoms with Gasteiger partial charge >= 0.3 is 5.97 Å². The number of thioether (sulfide) groups is 1. The number of aryl methyl sites for hydroxylation is 2. The van der Waals surface area contributed by atoms with Gasteiger partial charge in [0.25, 0.3) is 0 Å². The first kappa shape index (κ1) is 16.0. The molecule has 0 radical (unpaired) electrons.